The molecule has 1 amide bonds. The number of rotatable bonds is 6. The predicted molar refractivity (Wildman–Crippen MR) is 101 cm³/mol. The number of hydrogen-bond acceptors (Lipinski definition) is 5. The molecule has 2 atom stereocenters. The van der Waals surface area contributed by atoms with Crippen molar-refractivity contribution in [3.63, 3.8) is 0 Å². The first-order valence-corrected chi connectivity index (χ1v) is 10.6. The van der Waals surface area contributed by atoms with Gasteiger partial charge in [0.15, 0.2) is 5.69 Å². The predicted octanol–water partition coefficient (Wildman–Crippen LogP) is 0.627. The van der Waals surface area contributed by atoms with Crippen LogP contribution in [0.1, 0.15) is 36.8 Å². The molecule has 0 spiro atoms. The number of sulfonamides is 1. The van der Waals surface area contributed by atoms with Gasteiger partial charge in [0.2, 0.25) is 10.0 Å². The molecule has 0 bridgehead atoms. The van der Waals surface area contributed by atoms with E-state index in [0.717, 1.165) is 17.2 Å². The summed E-state index contributed by atoms with van der Waals surface area (Å²) in [7, 11) is -3.21. The first-order chi connectivity index (χ1) is 12.2. The summed E-state index contributed by atoms with van der Waals surface area (Å²) in [5.74, 6) is -0.205. The van der Waals surface area contributed by atoms with E-state index in [1.165, 1.54) is 0 Å². The molecule has 1 aromatic carbocycles. The average molecular weight is 379 g/mol. The molecule has 0 aliphatic carbocycles. The third kappa shape index (κ3) is 4.22. The molecular formula is C17H25N5O3S. The first kappa shape index (κ1) is 18.8. The Morgan fingerprint density at radius 3 is 2.81 bits per heavy atom. The number of para-hydroxylation sites is 1. The standard InChI is InChI=1S/C17H25N5O3S/c1-11(2)22-15-7-5-4-6-14(15)16(21-22)17(23)20-13-8-12(18-9-13)10-19-26(3,24)25/h4-7,11-13,18-19H,8-10H2,1-3H3,(H,20,23)/t12-,13-/m0/s1. The Balaban J connectivity index is 1.69. The van der Waals surface area contributed by atoms with Crippen LogP contribution in [0.15, 0.2) is 24.3 Å². The Morgan fingerprint density at radius 1 is 1.38 bits per heavy atom. The molecule has 2 heterocycles. The highest BCUT2D eigenvalue weighted by Crippen LogP contribution is 2.22. The summed E-state index contributed by atoms with van der Waals surface area (Å²) >= 11 is 0. The minimum Gasteiger partial charge on any atom is -0.347 e. The summed E-state index contributed by atoms with van der Waals surface area (Å²) < 4.78 is 26.7. The normalized spacial score (nSPS) is 20.8. The van der Waals surface area contributed by atoms with Crippen LogP contribution < -0.4 is 15.4 Å². The zero-order chi connectivity index (χ0) is 18.9. The number of benzene rings is 1. The van der Waals surface area contributed by atoms with E-state index in [2.05, 4.69) is 20.5 Å². The number of nitrogens with one attached hydrogen (secondary N) is 3. The molecule has 1 fully saturated rings. The molecule has 0 radical (unpaired) electrons. The van der Waals surface area contributed by atoms with E-state index in [-0.39, 0.29) is 24.0 Å². The van der Waals surface area contributed by atoms with Crippen molar-refractivity contribution in [2.75, 3.05) is 19.3 Å². The van der Waals surface area contributed by atoms with Gasteiger partial charge in [-0.1, -0.05) is 18.2 Å². The second kappa shape index (κ2) is 7.34. The SMILES string of the molecule is CC(C)n1nc(C(=O)N[C@@H]2CN[C@H](CNS(C)(=O)=O)C2)c2ccccc21. The van der Waals surface area contributed by atoms with Crippen LogP contribution in [-0.2, 0) is 10.0 Å². The van der Waals surface area contributed by atoms with Gasteiger partial charge in [0.1, 0.15) is 0 Å². The van der Waals surface area contributed by atoms with E-state index in [9.17, 15) is 13.2 Å². The van der Waals surface area contributed by atoms with E-state index in [1.807, 2.05) is 42.8 Å². The van der Waals surface area contributed by atoms with Crippen molar-refractivity contribution in [1.29, 1.82) is 0 Å². The van der Waals surface area contributed by atoms with Gasteiger partial charge >= 0.3 is 0 Å². The zero-order valence-corrected chi connectivity index (χ0v) is 16.0. The van der Waals surface area contributed by atoms with Crippen LogP contribution in [-0.4, -0.2) is 55.5 Å². The van der Waals surface area contributed by atoms with Crippen LogP contribution in [0.4, 0.5) is 0 Å². The fraction of sp³-hybridized carbons (Fsp3) is 0.529. The highest BCUT2D eigenvalue weighted by molar-refractivity contribution is 7.88. The smallest absolute Gasteiger partial charge is 0.272 e. The third-order valence-electron chi connectivity index (χ3n) is 4.47. The highest BCUT2D eigenvalue weighted by Gasteiger charge is 2.27. The third-order valence-corrected chi connectivity index (χ3v) is 5.16. The van der Waals surface area contributed by atoms with Crippen molar-refractivity contribution in [3.05, 3.63) is 30.0 Å². The van der Waals surface area contributed by atoms with Gasteiger partial charge in [-0.05, 0) is 26.3 Å². The second-order valence-electron chi connectivity index (χ2n) is 7.04. The largest absolute Gasteiger partial charge is 0.347 e. The Hall–Kier alpha value is -1.97. The summed E-state index contributed by atoms with van der Waals surface area (Å²) in [4.78, 5) is 12.7. The van der Waals surface area contributed by atoms with Crippen LogP contribution in [0.2, 0.25) is 0 Å². The highest BCUT2D eigenvalue weighted by atomic mass is 32.2. The number of carbonyl (C=O) groups is 1. The van der Waals surface area contributed by atoms with Gasteiger partial charge in [-0.15, -0.1) is 0 Å². The van der Waals surface area contributed by atoms with Gasteiger partial charge in [-0.25, -0.2) is 13.1 Å². The van der Waals surface area contributed by atoms with Crippen molar-refractivity contribution < 1.29 is 13.2 Å². The van der Waals surface area contributed by atoms with Gasteiger partial charge < -0.3 is 10.6 Å². The minimum absolute atomic E-state index is 0.00000871. The lowest BCUT2D eigenvalue weighted by Gasteiger charge is -2.12. The molecule has 1 aliphatic rings. The van der Waals surface area contributed by atoms with Gasteiger partial charge in [-0.2, -0.15) is 5.10 Å². The maximum atomic E-state index is 12.7. The number of aromatic nitrogens is 2. The van der Waals surface area contributed by atoms with Gasteiger partial charge in [-0.3, -0.25) is 9.48 Å². The van der Waals surface area contributed by atoms with Crippen molar-refractivity contribution in [3.8, 4) is 0 Å². The lowest BCUT2D eigenvalue weighted by molar-refractivity contribution is 0.0935. The topological polar surface area (TPSA) is 105 Å². The van der Waals surface area contributed by atoms with Crippen LogP contribution in [0.3, 0.4) is 0 Å². The van der Waals surface area contributed by atoms with Crippen LogP contribution in [0, 0.1) is 0 Å². The molecule has 8 nitrogen and oxygen atoms in total. The van der Waals surface area contributed by atoms with Crippen LogP contribution >= 0.6 is 0 Å². The Bertz CT molecular complexity index is 906. The Morgan fingerprint density at radius 2 is 2.12 bits per heavy atom. The molecule has 1 saturated heterocycles. The lowest BCUT2D eigenvalue weighted by Crippen LogP contribution is -2.36. The number of amides is 1. The van der Waals surface area contributed by atoms with E-state index in [1.54, 1.807) is 0 Å². The quantitative estimate of drug-likeness (QED) is 0.683. The maximum Gasteiger partial charge on any atom is 0.272 e. The van der Waals surface area contributed by atoms with Gasteiger partial charge in [0.25, 0.3) is 5.91 Å². The molecule has 9 heteroatoms. The summed E-state index contributed by atoms with van der Waals surface area (Å²) in [6.07, 6.45) is 1.80. The molecule has 1 aromatic heterocycles. The van der Waals surface area contributed by atoms with E-state index in [4.69, 9.17) is 0 Å². The number of fused-ring (bicyclic) bond motifs is 1. The monoisotopic (exact) mass is 379 g/mol. The number of nitrogens with zero attached hydrogens (tertiary/aromatic N) is 2. The molecule has 142 valence electrons. The van der Waals surface area contributed by atoms with Crippen molar-refractivity contribution >= 4 is 26.8 Å². The Kier molecular flexibility index (Phi) is 5.31. The molecule has 3 rings (SSSR count). The number of hydrogen-bond donors (Lipinski definition) is 3. The lowest BCUT2D eigenvalue weighted by atomic mass is 10.1. The van der Waals surface area contributed by atoms with Gasteiger partial charge in [0.05, 0.1) is 11.8 Å². The fourth-order valence-corrected chi connectivity index (χ4v) is 3.74. The molecule has 2 aromatic rings. The summed E-state index contributed by atoms with van der Waals surface area (Å²) in [6.45, 7) is 4.98. The van der Waals surface area contributed by atoms with Crippen LogP contribution in [0.5, 0.6) is 0 Å². The van der Waals surface area contributed by atoms with Crippen molar-refractivity contribution in [2.45, 2.75) is 38.4 Å². The summed E-state index contributed by atoms with van der Waals surface area (Å²) in [6, 6.07) is 7.79. The average Bonchev–Trinajstić information content (AvgIpc) is 3.16. The summed E-state index contributed by atoms with van der Waals surface area (Å²) in [5.41, 5.74) is 1.36. The maximum absolute atomic E-state index is 12.7. The van der Waals surface area contributed by atoms with Crippen LogP contribution in [0.25, 0.3) is 10.9 Å². The van der Waals surface area contributed by atoms with Crippen molar-refractivity contribution in [2.24, 2.45) is 0 Å². The molecule has 1 aliphatic heterocycles. The number of carbonyl (C=O) groups excluding carboxylic acids is 1. The molecule has 26 heavy (non-hydrogen) atoms. The summed E-state index contributed by atoms with van der Waals surface area (Å²) in [5, 5.41) is 11.6. The second-order valence-corrected chi connectivity index (χ2v) is 8.87. The van der Waals surface area contributed by atoms with Crippen molar-refractivity contribution in [1.82, 2.24) is 25.1 Å². The van der Waals surface area contributed by atoms with E-state index in [0.29, 0.717) is 25.2 Å². The molecule has 0 saturated carbocycles. The molecular weight excluding hydrogens is 354 g/mol. The molecule has 3 N–H and O–H groups in total. The fourth-order valence-electron chi connectivity index (χ4n) is 3.24. The zero-order valence-electron chi connectivity index (χ0n) is 15.2. The minimum atomic E-state index is -3.21. The van der Waals surface area contributed by atoms with E-state index < -0.39 is 10.0 Å². The first-order valence-electron chi connectivity index (χ1n) is 8.70. The Labute approximate surface area is 153 Å². The van der Waals surface area contributed by atoms with E-state index >= 15 is 0 Å². The molecule has 0 unspecified atom stereocenters. The van der Waals surface area contributed by atoms with Gasteiger partial charge in [0, 0.05) is 36.6 Å².